The minimum Gasteiger partial charge on any atom is -0.331 e. The molecule has 0 aliphatic carbocycles. The molecule has 0 fully saturated rings. The lowest BCUT2D eigenvalue weighted by atomic mass is 9.95. The van der Waals surface area contributed by atoms with E-state index in [0.29, 0.717) is 38.2 Å². The predicted molar refractivity (Wildman–Crippen MR) is 169 cm³/mol. The largest absolute Gasteiger partial charge is 0.331 e. The van der Waals surface area contributed by atoms with E-state index in [1.54, 1.807) is 49.8 Å². The Bertz CT molecular complexity index is 1650. The summed E-state index contributed by atoms with van der Waals surface area (Å²) >= 11 is 13.0. The molecular formula is C30H32Cl2N6O3S. The van der Waals surface area contributed by atoms with Gasteiger partial charge in [-0.05, 0) is 81.8 Å². The zero-order valence-corrected chi connectivity index (χ0v) is 25.9. The van der Waals surface area contributed by atoms with Gasteiger partial charge in [-0.15, -0.1) is 0 Å². The summed E-state index contributed by atoms with van der Waals surface area (Å²) in [6.07, 6.45) is 5.51. The highest BCUT2D eigenvalue weighted by Crippen LogP contribution is 2.37. The van der Waals surface area contributed by atoms with Crippen LogP contribution in [0.25, 0.3) is 11.3 Å². The summed E-state index contributed by atoms with van der Waals surface area (Å²) in [6.45, 7) is 5.96. The Kier molecular flexibility index (Phi) is 9.73. The average Bonchev–Trinajstić information content (AvgIpc) is 2.96. The molecule has 1 aromatic heterocycles. The van der Waals surface area contributed by atoms with Crippen LogP contribution in [0.3, 0.4) is 0 Å². The van der Waals surface area contributed by atoms with Crippen LogP contribution in [-0.2, 0) is 16.4 Å². The molecule has 42 heavy (non-hydrogen) atoms. The predicted octanol–water partition coefficient (Wildman–Crippen LogP) is 6.67. The van der Waals surface area contributed by atoms with E-state index in [1.807, 2.05) is 19.2 Å². The molecule has 220 valence electrons. The molecule has 0 saturated heterocycles. The Balaban J connectivity index is 1.36. The van der Waals surface area contributed by atoms with E-state index in [9.17, 15) is 13.2 Å². The standard InChI is InChI=1S/C30H32Cl2N6O3S/c1-19(24-13-14-25(28(32)27(24)31)26-18-34-15-16-35-26)36-29(39)37-21-9-11-23(12-10-21)42(40,41)38-22-7-5-20(6-8-22)17-30(2,3)33-4/h5-16,18-19,33,38H,17H2,1-4H3,(H2,36,37,39)/t19-/m0/s1. The van der Waals surface area contributed by atoms with Gasteiger partial charge in [-0.1, -0.05) is 47.5 Å². The number of hydrogen-bond acceptors (Lipinski definition) is 6. The third-order valence-electron chi connectivity index (χ3n) is 6.72. The topological polar surface area (TPSA) is 125 Å². The lowest BCUT2D eigenvalue weighted by Gasteiger charge is -2.24. The zero-order chi connectivity index (χ0) is 30.5. The first kappa shape index (κ1) is 31.2. The fourth-order valence-electron chi connectivity index (χ4n) is 4.20. The van der Waals surface area contributed by atoms with Crippen LogP contribution in [0.15, 0.2) is 84.1 Å². The summed E-state index contributed by atoms with van der Waals surface area (Å²) in [7, 11) is -1.92. The lowest BCUT2D eigenvalue weighted by Crippen LogP contribution is -2.38. The number of hydrogen-bond donors (Lipinski definition) is 4. The molecule has 9 nitrogen and oxygen atoms in total. The molecular weight excluding hydrogens is 595 g/mol. The molecule has 12 heteroatoms. The van der Waals surface area contributed by atoms with Gasteiger partial charge in [-0.25, -0.2) is 13.2 Å². The summed E-state index contributed by atoms with van der Waals surface area (Å²) in [5.74, 6) is 0. The highest BCUT2D eigenvalue weighted by Gasteiger charge is 2.19. The number of halogens is 2. The van der Waals surface area contributed by atoms with Crippen molar-refractivity contribution in [2.75, 3.05) is 17.1 Å². The Morgan fingerprint density at radius 3 is 2.21 bits per heavy atom. The summed E-state index contributed by atoms with van der Waals surface area (Å²) in [4.78, 5) is 21.1. The summed E-state index contributed by atoms with van der Waals surface area (Å²) in [5.41, 5.74) is 3.72. The normalized spacial score (nSPS) is 12.4. The smallest absolute Gasteiger partial charge is 0.319 e. The number of nitrogens with one attached hydrogen (secondary N) is 4. The van der Waals surface area contributed by atoms with Crippen molar-refractivity contribution in [3.63, 3.8) is 0 Å². The van der Waals surface area contributed by atoms with Crippen LogP contribution < -0.4 is 20.7 Å². The monoisotopic (exact) mass is 626 g/mol. The molecule has 0 bridgehead atoms. The number of carbonyl (C=O) groups excluding carboxylic acids is 1. The molecule has 2 amide bonds. The van der Waals surface area contributed by atoms with Crippen LogP contribution in [0.1, 0.15) is 37.9 Å². The first-order chi connectivity index (χ1) is 19.9. The van der Waals surface area contributed by atoms with Crippen molar-refractivity contribution < 1.29 is 13.2 Å². The van der Waals surface area contributed by atoms with Crippen molar-refractivity contribution in [1.29, 1.82) is 0 Å². The van der Waals surface area contributed by atoms with Gasteiger partial charge >= 0.3 is 6.03 Å². The number of urea groups is 1. The summed E-state index contributed by atoms with van der Waals surface area (Å²) in [6, 6.07) is 15.7. The Morgan fingerprint density at radius 1 is 0.929 bits per heavy atom. The number of aromatic nitrogens is 2. The third kappa shape index (κ3) is 7.77. The van der Waals surface area contributed by atoms with Gasteiger partial charge < -0.3 is 16.0 Å². The summed E-state index contributed by atoms with van der Waals surface area (Å²) in [5, 5.41) is 9.38. The fraction of sp³-hybridized carbons (Fsp3) is 0.233. The first-order valence-corrected chi connectivity index (χ1v) is 15.3. The van der Waals surface area contributed by atoms with Gasteiger partial charge in [0.2, 0.25) is 0 Å². The summed E-state index contributed by atoms with van der Waals surface area (Å²) < 4.78 is 28.4. The maximum absolute atomic E-state index is 12.9. The van der Waals surface area contributed by atoms with Gasteiger partial charge in [0.1, 0.15) is 0 Å². The van der Waals surface area contributed by atoms with E-state index in [0.717, 1.165) is 12.0 Å². The van der Waals surface area contributed by atoms with Crippen molar-refractivity contribution in [1.82, 2.24) is 20.6 Å². The van der Waals surface area contributed by atoms with Crippen LogP contribution in [0, 0.1) is 0 Å². The van der Waals surface area contributed by atoms with Crippen molar-refractivity contribution in [3.05, 3.63) is 100 Å². The number of carbonyl (C=O) groups is 1. The second kappa shape index (κ2) is 13.1. The molecule has 0 saturated carbocycles. The Hall–Kier alpha value is -3.70. The van der Waals surface area contributed by atoms with E-state index >= 15 is 0 Å². The quantitative estimate of drug-likeness (QED) is 0.156. The van der Waals surface area contributed by atoms with Crippen LogP contribution in [0.5, 0.6) is 0 Å². The number of nitrogens with zero attached hydrogens (tertiary/aromatic N) is 2. The van der Waals surface area contributed by atoms with Crippen molar-refractivity contribution in [2.24, 2.45) is 0 Å². The van der Waals surface area contributed by atoms with E-state index < -0.39 is 22.1 Å². The second-order valence-corrected chi connectivity index (χ2v) is 12.8. The lowest BCUT2D eigenvalue weighted by molar-refractivity contribution is 0.249. The van der Waals surface area contributed by atoms with Crippen LogP contribution in [0.2, 0.25) is 10.0 Å². The molecule has 1 atom stereocenters. The van der Waals surface area contributed by atoms with Crippen molar-refractivity contribution >= 4 is 50.6 Å². The molecule has 4 aromatic rings. The van der Waals surface area contributed by atoms with Gasteiger partial charge in [0.15, 0.2) is 0 Å². The molecule has 0 aliphatic heterocycles. The molecule has 0 spiro atoms. The molecule has 0 unspecified atom stereocenters. The number of benzene rings is 3. The van der Waals surface area contributed by atoms with Crippen LogP contribution in [0.4, 0.5) is 16.2 Å². The molecule has 0 aliphatic rings. The highest BCUT2D eigenvalue weighted by molar-refractivity contribution is 7.92. The van der Waals surface area contributed by atoms with E-state index in [-0.39, 0.29) is 10.4 Å². The van der Waals surface area contributed by atoms with Crippen LogP contribution >= 0.6 is 23.2 Å². The first-order valence-electron chi connectivity index (χ1n) is 13.1. The maximum atomic E-state index is 12.9. The molecule has 1 heterocycles. The van der Waals surface area contributed by atoms with Crippen molar-refractivity contribution in [3.8, 4) is 11.3 Å². The number of rotatable bonds is 10. The number of amides is 2. The maximum Gasteiger partial charge on any atom is 0.319 e. The van der Waals surface area contributed by atoms with E-state index in [1.165, 1.54) is 24.3 Å². The second-order valence-electron chi connectivity index (χ2n) is 10.4. The van der Waals surface area contributed by atoms with Gasteiger partial charge in [0.25, 0.3) is 10.0 Å². The van der Waals surface area contributed by atoms with Gasteiger partial charge in [-0.2, -0.15) is 0 Å². The highest BCUT2D eigenvalue weighted by atomic mass is 35.5. The van der Waals surface area contributed by atoms with Gasteiger partial charge in [0.05, 0.1) is 32.9 Å². The minimum absolute atomic E-state index is 0.0619. The fourth-order valence-corrected chi connectivity index (χ4v) is 5.85. The van der Waals surface area contributed by atoms with Crippen molar-refractivity contribution in [2.45, 2.75) is 43.7 Å². The molecule has 4 N–H and O–H groups in total. The minimum atomic E-state index is -3.82. The van der Waals surface area contributed by atoms with Crippen LogP contribution in [-0.4, -0.2) is 37.0 Å². The molecule has 0 radical (unpaired) electrons. The van der Waals surface area contributed by atoms with E-state index in [4.69, 9.17) is 23.2 Å². The third-order valence-corrected chi connectivity index (χ3v) is 9.01. The van der Waals surface area contributed by atoms with E-state index in [2.05, 4.69) is 44.5 Å². The number of likely N-dealkylation sites (N-methyl/N-ethyl adjacent to an activating group) is 1. The zero-order valence-electron chi connectivity index (χ0n) is 23.6. The molecule has 4 rings (SSSR count). The number of anilines is 2. The molecule has 3 aromatic carbocycles. The Labute approximate surface area is 256 Å². The van der Waals surface area contributed by atoms with Gasteiger partial charge in [-0.3, -0.25) is 14.7 Å². The average molecular weight is 628 g/mol. The SMILES string of the molecule is CNC(C)(C)Cc1ccc(NS(=O)(=O)c2ccc(NC(=O)N[C@@H](C)c3ccc(-c4cnccn4)c(Cl)c3Cl)cc2)cc1. The van der Waals surface area contributed by atoms with Gasteiger partial charge in [0, 0.05) is 34.9 Å². The number of sulfonamides is 1. The Morgan fingerprint density at radius 2 is 1.60 bits per heavy atom.